The molecule has 6 nitrogen and oxygen atoms in total. The molecule has 0 atom stereocenters. The minimum Gasteiger partial charge on any atom is -0.484 e. The first-order valence-electron chi connectivity index (χ1n) is 11.0. The fraction of sp³-hybridized carbons (Fsp3) is 0.400. The fourth-order valence-electron chi connectivity index (χ4n) is 4.42. The van der Waals surface area contributed by atoms with Crippen molar-refractivity contribution in [1.29, 1.82) is 0 Å². The Morgan fingerprint density at radius 1 is 1.10 bits per heavy atom. The van der Waals surface area contributed by atoms with E-state index >= 15 is 0 Å². The number of amides is 1. The fourth-order valence-corrected chi connectivity index (χ4v) is 4.42. The monoisotopic (exact) mass is 417 g/mol. The molecule has 0 spiro atoms. The maximum atomic E-state index is 13.2. The van der Waals surface area contributed by atoms with E-state index in [4.69, 9.17) is 9.26 Å². The van der Waals surface area contributed by atoms with Crippen molar-refractivity contribution in [2.24, 2.45) is 0 Å². The van der Waals surface area contributed by atoms with Gasteiger partial charge in [0.05, 0.1) is 5.41 Å². The summed E-state index contributed by atoms with van der Waals surface area (Å²) in [5, 5.41) is 4.18. The average Bonchev–Trinajstić information content (AvgIpc) is 3.50. The summed E-state index contributed by atoms with van der Waals surface area (Å²) in [6.45, 7) is 3.77. The number of hydrogen-bond donors (Lipinski definition) is 0. The zero-order chi connectivity index (χ0) is 21.3. The van der Waals surface area contributed by atoms with Crippen molar-refractivity contribution in [2.45, 2.75) is 50.5 Å². The number of piperidine rings is 1. The smallest absolute Gasteiger partial charge is 0.264 e. The highest BCUT2D eigenvalue weighted by atomic mass is 16.5. The van der Waals surface area contributed by atoms with E-state index in [-0.39, 0.29) is 23.8 Å². The van der Waals surface area contributed by atoms with E-state index in [0.29, 0.717) is 5.89 Å². The molecule has 0 bridgehead atoms. The van der Waals surface area contributed by atoms with Crippen molar-refractivity contribution in [3.05, 3.63) is 77.4 Å². The summed E-state index contributed by atoms with van der Waals surface area (Å²) in [5.41, 5.74) is 2.05. The van der Waals surface area contributed by atoms with Crippen LogP contribution < -0.4 is 4.74 Å². The molecular formula is C25H27N3O3. The number of benzene rings is 2. The molecule has 2 fully saturated rings. The third-order valence-corrected chi connectivity index (χ3v) is 6.50. The number of ether oxygens (including phenoxy) is 1. The molecule has 0 N–H and O–H groups in total. The predicted octanol–water partition coefficient (Wildman–Crippen LogP) is 4.39. The van der Waals surface area contributed by atoms with Crippen molar-refractivity contribution in [3.8, 4) is 5.75 Å². The molecule has 1 aromatic heterocycles. The molecule has 0 radical (unpaired) electrons. The van der Waals surface area contributed by atoms with Gasteiger partial charge in [0.1, 0.15) is 5.75 Å². The Morgan fingerprint density at radius 3 is 2.48 bits per heavy atom. The van der Waals surface area contributed by atoms with Gasteiger partial charge in [0, 0.05) is 19.0 Å². The maximum absolute atomic E-state index is 13.2. The van der Waals surface area contributed by atoms with Crippen LogP contribution in [0.15, 0.2) is 59.1 Å². The van der Waals surface area contributed by atoms with Gasteiger partial charge < -0.3 is 14.2 Å². The molecule has 2 aliphatic rings. The second kappa shape index (κ2) is 8.17. The Kier molecular flexibility index (Phi) is 5.22. The van der Waals surface area contributed by atoms with Gasteiger partial charge in [-0.2, -0.15) is 4.98 Å². The average molecular weight is 418 g/mol. The number of aromatic nitrogens is 2. The predicted molar refractivity (Wildman–Crippen MR) is 116 cm³/mol. The van der Waals surface area contributed by atoms with Crippen LogP contribution in [0.5, 0.6) is 5.75 Å². The molecule has 1 amide bonds. The quantitative estimate of drug-likeness (QED) is 0.595. The van der Waals surface area contributed by atoms with E-state index in [0.717, 1.165) is 55.9 Å². The van der Waals surface area contributed by atoms with E-state index < -0.39 is 0 Å². The SMILES string of the molecule is Cc1ccc(OCc2nc(C3CCN(C(=O)C4(c5ccccc5)CC4)CC3)no2)cc1. The number of rotatable bonds is 6. The van der Waals surface area contributed by atoms with Crippen molar-refractivity contribution in [1.82, 2.24) is 15.0 Å². The van der Waals surface area contributed by atoms with Crippen LogP contribution in [-0.4, -0.2) is 34.0 Å². The molecule has 1 saturated carbocycles. The third-order valence-electron chi connectivity index (χ3n) is 6.50. The number of hydrogen-bond acceptors (Lipinski definition) is 5. The molecular weight excluding hydrogens is 390 g/mol. The summed E-state index contributed by atoms with van der Waals surface area (Å²) in [6.07, 6.45) is 3.61. The summed E-state index contributed by atoms with van der Waals surface area (Å²) in [7, 11) is 0. The van der Waals surface area contributed by atoms with Gasteiger partial charge >= 0.3 is 0 Å². The topological polar surface area (TPSA) is 68.5 Å². The normalized spacial score (nSPS) is 18.0. The molecule has 1 aliphatic carbocycles. The Bertz CT molecular complexity index is 1030. The summed E-state index contributed by atoms with van der Waals surface area (Å²) >= 11 is 0. The number of nitrogens with zero attached hydrogens (tertiary/aromatic N) is 3. The van der Waals surface area contributed by atoms with Gasteiger partial charge in [-0.3, -0.25) is 4.79 Å². The van der Waals surface area contributed by atoms with Gasteiger partial charge in [0.15, 0.2) is 12.4 Å². The van der Waals surface area contributed by atoms with Gasteiger partial charge in [-0.25, -0.2) is 0 Å². The number of carbonyl (C=O) groups is 1. The lowest BCUT2D eigenvalue weighted by Crippen LogP contribution is -2.43. The van der Waals surface area contributed by atoms with Gasteiger partial charge in [-0.15, -0.1) is 0 Å². The third kappa shape index (κ3) is 4.07. The largest absolute Gasteiger partial charge is 0.484 e. The molecule has 0 unspecified atom stereocenters. The van der Waals surface area contributed by atoms with Crippen molar-refractivity contribution >= 4 is 5.91 Å². The van der Waals surface area contributed by atoms with Gasteiger partial charge in [-0.1, -0.05) is 53.2 Å². The van der Waals surface area contributed by atoms with Gasteiger partial charge in [0.2, 0.25) is 5.91 Å². The molecule has 6 heteroatoms. The molecule has 3 aromatic rings. The first-order chi connectivity index (χ1) is 15.1. The summed E-state index contributed by atoms with van der Waals surface area (Å²) < 4.78 is 11.1. The molecule has 2 heterocycles. The lowest BCUT2D eigenvalue weighted by molar-refractivity contribution is -0.135. The second-order valence-corrected chi connectivity index (χ2v) is 8.66. The van der Waals surface area contributed by atoms with Gasteiger partial charge in [0.25, 0.3) is 5.89 Å². The lowest BCUT2D eigenvalue weighted by Gasteiger charge is -2.33. The Morgan fingerprint density at radius 2 is 1.81 bits per heavy atom. The van der Waals surface area contributed by atoms with Gasteiger partial charge in [-0.05, 0) is 50.3 Å². The summed E-state index contributed by atoms with van der Waals surface area (Å²) in [5.74, 6) is 2.48. The first kappa shape index (κ1) is 19.8. The highest BCUT2D eigenvalue weighted by molar-refractivity contribution is 5.91. The number of aryl methyl sites for hydroxylation is 1. The zero-order valence-corrected chi connectivity index (χ0v) is 17.8. The van der Waals surface area contributed by atoms with Crippen LogP contribution in [-0.2, 0) is 16.8 Å². The van der Waals surface area contributed by atoms with Crippen molar-refractivity contribution < 1.29 is 14.1 Å². The van der Waals surface area contributed by atoms with Crippen LogP contribution >= 0.6 is 0 Å². The summed E-state index contributed by atoms with van der Waals surface area (Å²) in [6, 6.07) is 18.1. The number of carbonyl (C=O) groups excluding carboxylic acids is 1. The number of likely N-dealkylation sites (tertiary alicyclic amines) is 1. The standard InChI is InChI=1S/C25H27N3O3/c1-18-7-9-21(10-8-18)30-17-22-26-23(27-31-22)19-11-15-28(16-12-19)24(29)25(13-14-25)20-5-3-2-4-6-20/h2-10,19H,11-17H2,1H3. The zero-order valence-electron chi connectivity index (χ0n) is 17.8. The van der Waals surface area contributed by atoms with Crippen LogP contribution in [0, 0.1) is 6.92 Å². The minimum atomic E-state index is -0.291. The highest BCUT2D eigenvalue weighted by Gasteiger charge is 2.53. The van der Waals surface area contributed by atoms with E-state index in [1.807, 2.05) is 54.3 Å². The Balaban J connectivity index is 1.16. The maximum Gasteiger partial charge on any atom is 0.264 e. The summed E-state index contributed by atoms with van der Waals surface area (Å²) in [4.78, 5) is 19.8. The molecule has 31 heavy (non-hydrogen) atoms. The van der Waals surface area contributed by atoms with Crippen LogP contribution in [0.1, 0.15) is 54.4 Å². The van der Waals surface area contributed by atoms with E-state index in [1.54, 1.807) is 0 Å². The molecule has 1 saturated heterocycles. The van der Waals surface area contributed by atoms with Crippen molar-refractivity contribution in [3.63, 3.8) is 0 Å². The van der Waals surface area contributed by atoms with Crippen LogP contribution in [0.4, 0.5) is 0 Å². The van der Waals surface area contributed by atoms with Crippen LogP contribution in [0.25, 0.3) is 0 Å². The molecule has 5 rings (SSSR count). The van der Waals surface area contributed by atoms with E-state index in [2.05, 4.69) is 22.3 Å². The highest BCUT2D eigenvalue weighted by Crippen LogP contribution is 2.50. The van der Waals surface area contributed by atoms with Crippen molar-refractivity contribution in [2.75, 3.05) is 13.1 Å². The second-order valence-electron chi connectivity index (χ2n) is 8.66. The Hall–Kier alpha value is -3.15. The van der Waals surface area contributed by atoms with E-state index in [1.165, 1.54) is 5.56 Å². The van der Waals surface area contributed by atoms with E-state index in [9.17, 15) is 4.79 Å². The molecule has 1 aliphatic heterocycles. The molecule has 160 valence electrons. The van der Waals surface area contributed by atoms with Crippen LogP contribution in [0.3, 0.4) is 0 Å². The van der Waals surface area contributed by atoms with Crippen LogP contribution in [0.2, 0.25) is 0 Å². The molecule has 2 aromatic carbocycles. The Labute approximate surface area is 182 Å². The first-order valence-corrected chi connectivity index (χ1v) is 11.0. The lowest BCUT2D eigenvalue weighted by atomic mass is 9.91. The minimum absolute atomic E-state index is 0.216.